The van der Waals surface area contributed by atoms with Crippen molar-refractivity contribution in [1.29, 1.82) is 0 Å². The number of amides is 2. The van der Waals surface area contributed by atoms with E-state index < -0.39 is 0 Å². The number of ether oxygens (including phenoxy) is 1. The molecule has 1 saturated heterocycles. The molecule has 5 rings (SSSR count). The maximum Gasteiger partial charge on any atom is 0.318 e. The molecule has 1 aromatic carbocycles. The second-order valence-corrected chi connectivity index (χ2v) is 8.19. The lowest BCUT2D eigenvalue weighted by Crippen LogP contribution is -2.44. The molecule has 0 bridgehead atoms. The summed E-state index contributed by atoms with van der Waals surface area (Å²) in [5.74, 6) is 0. The Hall–Kier alpha value is -2.61. The predicted molar refractivity (Wildman–Crippen MR) is 109 cm³/mol. The summed E-state index contributed by atoms with van der Waals surface area (Å²) >= 11 is 0. The van der Waals surface area contributed by atoms with Crippen LogP contribution in [0, 0.1) is 0 Å². The highest BCUT2D eigenvalue weighted by Gasteiger charge is 2.26. The van der Waals surface area contributed by atoms with E-state index in [-0.39, 0.29) is 6.03 Å². The van der Waals surface area contributed by atoms with Crippen LogP contribution in [-0.2, 0) is 17.8 Å². The van der Waals surface area contributed by atoms with Crippen molar-refractivity contribution in [3.63, 3.8) is 0 Å². The van der Waals surface area contributed by atoms with Crippen molar-refractivity contribution in [2.45, 2.75) is 51.2 Å². The zero-order valence-electron chi connectivity index (χ0n) is 16.7. The van der Waals surface area contributed by atoms with Crippen LogP contribution in [0.25, 0.3) is 5.69 Å². The molecule has 1 saturated carbocycles. The lowest BCUT2D eigenvalue weighted by atomic mass is 9.96. The van der Waals surface area contributed by atoms with Gasteiger partial charge in [-0.2, -0.15) is 0 Å². The standard InChI is InChI=1S/C21H28N6O2/c28-21(23-17-4-2-1-3-5-17)26-14-16-12-18(25-8-10-29-11-9-25)6-7-20(16)27-19(15-26)13-22-24-27/h6-7,12-13,17H,1-5,8-11,14-15H2,(H,23,28). The van der Waals surface area contributed by atoms with Crippen LogP contribution in [0.5, 0.6) is 0 Å². The molecule has 29 heavy (non-hydrogen) atoms. The molecule has 0 spiro atoms. The Labute approximate surface area is 170 Å². The van der Waals surface area contributed by atoms with Gasteiger partial charge in [-0.3, -0.25) is 0 Å². The van der Waals surface area contributed by atoms with Gasteiger partial charge >= 0.3 is 6.03 Å². The minimum atomic E-state index is 0.00859. The molecule has 8 heteroatoms. The third kappa shape index (κ3) is 3.81. The fraction of sp³-hybridized carbons (Fsp3) is 0.571. The predicted octanol–water partition coefficient (Wildman–Crippen LogP) is 2.46. The van der Waals surface area contributed by atoms with Crippen molar-refractivity contribution in [3.05, 3.63) is 35.7 Å². The van der Waals surface area contributed by atoms with E-state index in [0.717, 1.165) is 56.1 Å². The van der Waals surface area contributed by atoms with Gasteiger partial charge in [0.2, 0.25) is 0 Å². The van der Waals surface area contributed by atoms with E-state index in [1.54, 1.807) is 6.20 Å². The molecule has 3 aliphatic rings. The number of anilines is 1. The number of carbonyl (C=O) groups is 1. The van der Waals surface area contributed by atoms with Crippen molar-refractivity contribution < 1.29 is 9.53 Å². The van der Waals surface area contributed by atoms with Crippen molar-refractivity contribution in [2.24, 2.45) is 0 Å². The number of fused-ring (bicyclic) bond motifs is 3. The van der Waals surface area contributed by atoms with Crippen LogP contribution in [-0.4, -0.2) is 58.3 Å². The third-order valence-corrected chi connectivity index (χ3v) is 6.22. The van der Waals surface area contributed by atoms with Crippen molar-refractivity contribution in [1.82, 2.24) is 25.2 Å². The Kier molecular flexibility index (Phi) is 5.10. The van der Waals surface area contributed by atoms with Gasteiger partial charge in [-0.15, -0.1) is 5.10 Å². The first-order chi connectivity index (χ1) is 14.3. The smallest absolute Gasteiger partial charge is 0.318 e. The van der Waals surface area contributed by atoms with E-state index in [1.165, 1.54) is 24.9 Å². The summed E-state index contributed by atoms with van der Waals surface area (Å²) < 4.78 is 7.35. The quantitative estimate of drug-likeness (QED) is 0.844. The Morgan fingerprint density at radius 1 is 1.10 bits per heavy atom. The van der Waals surface area contributed by atoms with Crippen molar-refractivity contribution >= 4 is 11.7 Å². The Balaban J connectivity index is 1.42. The molecule has 2 aliphatic heterocycles. The molecular formula is C21H28N6O2. The van der Waals surface area contributed by atoms with Gasteiger partial charge in [0.25, 0.3) is 0 Å². The highest BCUT2D eigenvalue weighted by atomic mass is 16.5. The number of carbonyl (C=O) groups excluding carboxylic acids is 1. The van der Waals surface area contributed by atoms with E-state index in [2.05, 4.69) is 38.7 Å². The highest BCUT2D eigenvalue weighted by molar-refractivity contribution is 5.75. The Morgan fingerprint density at radius 2 is 1.93 bits per heavy atom. The van der Waals surface area contributed by atoms with Crippen LogP contribution >= 0.6 is 0 Å². The number of urea groups is 1. The van der Waals surface area contributed by atoms with E-state index in [4.69, 9.17) is 4.74 Å². The Bertz CT molecular complexity index is 870. The average molecular weight is 396 g/mol. The van der Waals surface area contributed by atoms with Crippen LogP contribution < -0.4 is 10.2 Å². The van der Waals surface area contributed by atoms with Crippen molar-refractivity contribution in [3.8, 4) is 5.69 Å². The minimum Gasteiger partial charge on any atom is -0.378 e. The molecule has 2 fully saturated rings. The summed E-state index contributed by atoms with van der Waals surface area (Å²) in [5, 5.41) is 11.6. The zero-order chi connectivity index (χ0) is 19.6. The van der Waals surface area contributed by atoms with E-state index >= 15 is 0 Å². The molecule has 1 N–H and O–H groups in total. The van der Waals surface area contributed by atoms with E-state index in [0.29, 0.717) is 19.1 Å². The first-order valence-electron chi connectivity index (χ1n) is 10.7. The van der Waals surface area contributed by atoms with Crippen LogP contribution in [0.1, 0.15) is 43.4 Å². The van der Waals surface area contributed by atoms with Gasteiger partial charge in [-0.25, -0.2) is 9.48 Å². The van der Waals surface area contributed by atoms with Gasteiger partial charge in [0, 0.05) is 24.8 Å². The number of hydrogen-bond acceptors (Lipinski definition) is 5. The topological polar surface area (TPSA) is 75.5 Å². The molecular weight excluding hydrogens is 368 g/mol. The largest absolute Gasteiger partial charge is 0.378 e. The fourth-order valence-electron chi connectivity index (χ4n) is 4.60. The Morgan fingerprint density at radius 3 is 2.76 bits per heavy atom. The molecule has 3 heterocycles. The van der Waals surface area contributed by atoms with Gasteiger partial charge in [0.15, 0.2) is 0 Å². The number of nitrogens with one attached hydrogen (secondary N) is 1. The van der Waals surface area contributed by atoms with E-state index in [1.807, 2.05) is 9.58 Å². The maximum absolute atomic E-state index is 13.1. The molecule has 1 aromatic heterocycles. The molecule has 154 valence electrons. The number of nitrogens with zero attached hydrogens (tertiary/aromatic N) is 5. The van der Waals surface area contributed by atoms with Crippen LogP contribution in [0.3, 0.4) is 0 Å². The zero-order valence-corrected chi connectivity index (χ0v) is 16.7. The van der Waals surface area contributed by atoms with E-state index in [9.17, 15) is 4.79 Å². The lowest BCUT2D eigenvalue weighted by Gasteiger charge is -2.30. The second-order valence-electron chi connectivity index (χ2n) is 8.19. The molecule has 1 aliphatic carbocycles. The van der Waals surface area contributed by atoms with Gasteiger partial charge in [-0.1, -0.05) is 24.5 Å². The number of rotatable bonds is 2. The average Bonchev–Trinajstić information content (AvgIpc) is 3.16. The highest BCUT2D eigenvalue weighted by Crippen LogP contribution is 2.28. The van der Waals surface area contributed by atoms with Crippen LogP contribution in [0.15, 0.2) is 24.4 Å². The van der Waals surface area contributed by atoms with Crippen LogP contribution in [0.4, 0.5) is 10.5 Å². The summed E-state index contributed by atoms with van der Waals surface area (Å²) in [7, 11) is 0. The van der Waals surface area contributed by atoms with Gasteiger partial charge in [0.1, 0.15) is 0 Å². The number of morpholine rings is 1. The van der Waals surface area contributed by atoms with Gasteiger partial charge in [-0.05, 0) is 36.6 Å². The molecule has 2 amide bonds. The summed E-state index contributed by atoms with van der Waals surface area (Å²) in [6.07, 6.45) is 7.60. The summed E-state index contributed by atoms with van der Waals surface area (Å²) in [4.78, 5) is 17.3. The first-order valence-corrected chi connectivity index (χ1v) is 10.7. The number of hydrogen-bond donors (Lipinski definition) is 1. The van der Waals surface area contributed by atoms with Crippen LogP contribution in [0.2, 0.25) is 0 Å². The SMILES string of the molecule is O=C(NC1CCCCC1)N1Cc2cc(N3CCOCC3)ccc2-n2nncc2C1. The summed E-state index contributed by atoms with van der Waals surface area (Å²) in [6, 6.07) is 6.72. The lowest BCUT2D eigenvalue weighted by molar-refractivity contribution is 0.122. The fourth-order valence-corrected chi connectivity index (χ4v) is 4.60. The monoisotopic (exact) mass is 396 g/mol. The molecule has 0 radical (unpaired) electrons. The van der Waals surface area contributed by atoms with Gasteiger partial charge < -0.3 is 19.9 Å². The normalized spacial score (nSPS) is 20.0. The summed E-state index contributed by atoms with van der Waals surface area (Å²) in [6.45, 7) is 4.35. The minimum absolute atomic E-state index is 0.00859. The second kappa shape index (κ2) is 8.02. The molecule has 0 unspecified atom stereocenters. The van der Waals surface area contributed by atoms with Crippen molar-refractivity contribution in [2.75, 3.05) is 31.2 Å². The summed E-state index contributed by atoms with van der Waals surface area (Å²) in [5.41, 5.74) is 4.20. The maximum atomic E-state index is 13.1. The first kappa shape index (κ1) is 18.4. The third-order valence-electron chi connectivity index (χ3n) is 6.22. The van der Waals surface area contributed by atoms with Gasteiger partial charge in [0.05, 0.1) is 43.9 Å². The number of aromatic nitrogens is 3. The molecule has 2 aromatic rings. The molecule has 0 atom stereocenters. The molecule has 8 nitrogen and oxygen atoms in total. The number of benzene rings is 1.